The van der Waals surface area contributed by atoms with E-state index in [0.717, 1.165) is 11.8 Å². The van der Waals surface area contributed by atoms with Crippen LogP contribution in [0.4, 0.5) is 5.69 Å². The Hall–Kier alpha value is -3.97. The summed E-state index contributed by atoms with van der Waals surface area (Å²) >= 11 is 0.999. The van der Waals surface area contributed by atoms with Crippen molar-refractivity contribution in [1.82, 2.24) is 5.32 Å². The molecule has 1 heterocycles. The summed E-state index contributed by atoms with van der Waals surface area (Å²) in [6.07, 6.45) is 0. The number of carbonyl (C=O) groups excluding carboxylic acids is 3. The maximum absolute atomic E-state index is 13.0. The second kappa shape index (κ2) is 11.9. The maximum Gasteiger partial charge on any atom is 0.319 e. The highest BCUT2D eigenvalue weighted by atomic mass is 32.2. The predicted molar refractivity (Wildman–Crippen MR) is 131 cm³/mol. The first-order chi connectivity index (χ1) is 16.9. The zero-order chi connectivity index (χ0) is 25.4. The number of methoxy groups -OCH3 is 2. The molecule has 1 aliphatic rings. The molecule has 2 aromatic carbocycles. The number of nitrogens with one attached hydrogen (secondary N) is 2. The van der Waals surface area contributed by atoms with Crippen LogP contribution >= 0.6 is 11.8 Å². The van der Waals surface area contributed by atoms with Gasteiger partial charge in [0.25, 0.3) is 0 Å². The number of ether oxygens (including phenoxy) is 3. The van der Waals surface area contributed by atoms with Gasteiger partial charge in [-0.05, 0) is 25.1 Å². The van der Waals surface area contributed by atoms with Crippen LogP contribution in [0.25, 0.3) is 0 Å². The quantitative estimate of drug-likeness (QED) is 0.401. The normalized spacial score (nSPS) is 17.1. The van der Waals surface area contributed by atoms with Gasteiger partial charge in [-0.1, -0.05) is 36.0 Å². The van der Waals surface area contributed by atoms with Crippen molar-refractivity contribution < 1.29 is 28.6 Å². The summed E-state index contributed by atoms with van der Waals surface area (Å²) in [7, 11) is 3.00. The zero-order valence-electron chi connectivity index (χ0n) is 19.5. The SMILES string of the molecule is CCOC(=O)[C@@H]1C(=O)NC(SCC(=O)Nc2cccc(OC)c2)=C(C#N)[C@H]1c1ccccc1OC. The smallest absolute Gasteiger partial charge is 0.319 e. The fourth-order valence-electron chi connectivity index (χ4n) is 3.72. The molecule has 0 aliphatic carbocycles. The highest BCUT2D eigenvalue weighted by Crippen LogP contribution is 2.43. The van der Waals surface area contributed by atoms with E-state index in [4.69, 9.17) is 14.2 Å². The van der Waals surface area contributed by atoms with E-state index in [9.17, 15) is 19.6 Å². The van der Waals surface area contributed by atoms with Gasteiger partial charge in [0.2, 0.25) is 11.8 Å². The summed E-state index contributed by atoms with van der Waals surface area (Å²) in [5.74, 6) is -2.99. The number of esters is 1. The first-order valence-electron chi connectivity index (χ1n) is 10.7. The van der Waals surface area contributed by atoms with Crippen molar-refractivity contribution in [1.29, 1.82) is 5.26 Å². The molecule has 0 saturated heterocycles. The molecule has 2 N–H and O–H groups in total. The van der Waals surface area contributed by atoms with Crippen molar-refractivity contribution in [3.05, 3.63) is 64.7 Å². The lowest BCUT2D eigenvalue weighted by Crippen LogP contribution is -2.44. The summed E-state index contributed by atoms with van der Waals surface area (Å²) in [6, 6.07) is 15.9. The molecule has 10 heteroatoms. The van der Waals surface area contributed by atoms with Crippen LogP contribution in [0.15, 0.2) is 59.1 Å². The largest absolute Gasteiger partial charge is 0.497 e. The van der Waals surface area contributed by atoms with E-state index in [-0.39, 0.29) is 28.9 Å². The Labute approximate surface area is 207 Å². The number of benzene rings is 2. The monoisotopic (exact) mass is 495 g/mol. The molecule has 9 nitrogen and oxygen atoms in total. The van der Waals surface area contributed by atoms with Gasteiger partial charge in [-0.15, -0.1) is 0 Å². The second-order valence-corrected chi connectivity index (χ2v) is 8.35. The Kier molecular flexibility index (Phi) is 8.75. The van der Waals surface area contributed by atoms with Gasteiger partial charge in [-0.2, -0.15) is 5.26 Å². The molecule has 2 atom stereocenters. The van der Waals surface area contributed by atoms with Gasteiger partial charge in [0.05, 0.1) is 43.3 Å². The van der Waals surface area contributed by atoms with Crippen molar-refractivity contribution in [2.24, 2.45) is 5.92 Å². The minimum absolute atomic E-state index is 0.0823. The molecule has 0 spiro atoms. The number of para-hydroxylation sites is 1. The lowest BCUT2D eigenvalue weighted by atomic mass is 9.78. The Morgan fingerprint density at radius 2 is 1.91 bits per heavy atom. The summed E-state index contributed by atoms with van der Waals surface area (Å²) in [6.45, 7) is 1.72. The Balaban J connectivity index is 1.92. The molecule has 35 heavy (non-hydrogen) atoms. The number of anilines is 1. The third kappa shape index (κ3) is 5.94. The number of amides is 2. The van der Waals surface area contributed by atoms with E-state index in [2.05, 4.69) is 16.7 Å². The highest BCUT2D eigenvalue weighted by Gasteiger charge is 2.45. The van der Waals surface area contributed by atoms with Gasteiger partial charge in [0, 0.05) is 23.2 Å². The number of hydrogen-bond acceptors (Lipinski definition) is 8. The van der Waals surface area contributed by atoms with Crippen LogP contribution in [0.5, 0.6) is 11.5 Å². The van der Waals surface area contributed by atoms with E-state index >= 15 is 0 Å². The van der Waals surface area contributed by atoms with Gasteiger partial charge in [-0.3, -0.25) is 14.4 Å². The average molecular weight is 496 g/mol. The number of rotatable bonds is 9. The molecule has 182 valence electrons. The van der Waals surface area contributed by atoms with Gasteiger partial charge < -0.3 is 24.8 Å². The van der Waals surface area contributed by atoms with E-state index in [1.165, 1.54) is 14.2 Å². The maximum atomic E-state index is 13.0. The van der Waals surface area contributed by atoms with Crippen molar-refractivity contribution in [3.63, 3.8) is 0 Å². The third-order valence-electron chi connectivity index (χ3n) is 5.24. The molecule has 2 amide bonds. The molecule has 3 rings (SSSR count). The van der Waals surface area contributed by atoms with Crippen LogP contribution in [0.2, 0.25) is 0 Å². The number of hydrogen-bond donors (Lipinski definition) is 2. The van der Waals surface area contributed by atoms with E-state index in [1.807, 2.05) is 0 Å². The summed E-state index contributed by atoms with van der Waals surface area (Å²) in [5, 5.41) is 15.6. The fraction of sp³-hybridized carbons (Fsp3) is 0.280. The van der Waals surface area contributed by atoms with Crippen molar-refractivity contribution >= 4 is 35.2 Å². The summed E-state index contributed by atoms with van der Waals surface area (Å²) in [5.41, 5.74) is 1.19. The molecule has 0 radical (unpaired) electrons. The fourth-order valence-corrected chi connectivity index (χ4v) is 4.57. The van der Waals surface area contributed by atoms with Gasteiger partial charge in [0.1, 0.15) is 17.4 Å². The lowest BCUT2D eigenvalue weighted by Gasteiger charge is -2.31. The molecule has 0 aromatic heterocycles. The van der Waals surface area contributed by atoms with Crippen molar-refractivity contribution in [3.8, 4) is 17.6 Å². The lowest BCUT2D eigenvalue weighted by molar-refractivity contribution is -0.152. The molecular formula is C25H25N3O6S. The van der Waals surface area contributed by atoms with Gasteiger partial charge >= 0.3 is 5.97 Å². The van der Waals surface area contributed by atoms with E-state index in [0.29, 0.717) is 22.7 Å². The highest BCUT2D eigenvalue weighted by molar-refractivity contribution is 8.03. The van der Waals surface area contributed by atoms with E-state index in [1.54, 1.807) is 55.5 Å². The molecule has 0 unspecified atom stereocenters. The van der Waals surface area contributed by atoms with Crippen molar-refractivity contribution in [2.75, 3.05) is 31.9 Å². The van der Waals surface area contributed by atoms with Crippen LogP contribution in [0.3, 0.4) is 0 Å². The van der Waals surface area contributed by atoms with Gasteiger partial charge in [0.15, 0.2) is 0 Å². The molecule has 0 fully saturated rings. The average Bonchev–Trinajstić information content (AvgIpc) is 2.87. The van der Waals surface area contributed by atoms with Crippen LogP contribution in [0.1, 0.15) is 18.4 Å². The Bertz CT molecular complexity index is 1190. The molecule has 1 aliphatic heterocycles. The molecule has 0 saturated carbocycles. The molecule has 2 aromatic rings. The van der Waals surface area contributed by atoms with Crippen molar-refractivity contribution in [2.45, 2.75) is 12.8 Å². The van der Waals surface area contributed by atoms with E-state index < -0.39 is 23.7 Å². The Morgan fingerprint density at radius 1 is 1.14 bits per heavy atom. The summed E-state index contributed by atoms with van der Waals surface area (Å²) in [4.78, 5) is 38.3. The van der Waals surface area contributed by atoms with Gasteiger partial charge in [-0.25, -0.2) is 0 Å². The Morgan fingerprint density at radius 3 is 2.60 bits per heavy atom. The minimum Gasteiger partial charge on any atom is -0.497 e. The first-order valence-corrected chi connectivity index (χ1v) is 11.7. The minimum atomic E-state index is -1.28. The van der Waals surface area contributed by atoms with Crippen LogP contribution in [-0.4, -0.2) is 44.4 Å². The molecular weight excluding hydrogens is 470 g/mol. The second-order valence-electron chi connectivity index (χ2n) is 7.36. The topological polar surface area (TPSA) is 127 Å². The van der Waals surface area contributed by atoms with Crippen LogP contribution in [-0.2, 0) is 19.1 Å². The zero-order valence-corrected chi connectivity index (χ0v) is 20.3. The number of thioether (sulfide) groups is 1. The third-order valence-corrected chi connectivity index (χ3v) is 6.26. The number of allylic oxidation sites excluding steroid dienone is 1. The first kappa shape index (κ1) is 25.6. The number of carbonyl (C=O) groups is 3. The standard InChI is InChI=1S/C25H25N3O6S/c1-4-34-25(31)22-21(17-10-5-6-11-19(17)33-3)18(13-26)24(28-23(22)30)35-14-20(29)27-15-8-7-9-16(12-15)32-2/h5-12,21-22H,4,14H2,1-3H3,(H,27,29)(H,28,30)/t21-,22+/m1/s1. The van der Waals surface area contributed by atoms with Crippen LogP contribution in [0, 0.1) is 17.2 Å². The molecule has 0 bridgehead atoms. The summed E-state index contributed by atoms with van der Waals surface area (Å²) < 4.78 is 15.7. The predicted octanol–water partition coefficient (Wildman–Crippen LogP) is 3.20. The number of nitrogens with zero attached hydrogens (tertiary/aromatic N) is 1. The number of nitriles is 1. The van der Waals surface area contributed by atoms with Crippen LogP contribution < -0.4 is 20.1 Å².